The molecule has 0 saturated heterocycles. The Balaban J connectivity index is 2.94. The standard InChI is InChI=1S/C12H16Br2N2O2/c1-3-12(7-13,8-14)15-11(18)9-4-5-16(2)10(17)6-9/h4-6H,3,7-8H2,1-2H3,(H,15,18). The van der Waals surface area contributed by atoms with Gasteiger partial charge in [-0.15, -0.1) is 0 Å². The fraction of sp³-hybridized carbons (Fsp3) is 0.500. The van der Waals surface area contributed by atoms with E-state index in [0.717, 1.165) is 6.42 Å². The number of rotatable bonds is 5. The molecule has 0 saturated carbocycles. The van der Waals surface area contributed by atoms with E-state index in [-0.39, 0.29) is 17.0 Å². The summed E-state index contributed by atoms with van der Waals surface area (Å²) in [5, 5.41) is 4.26. The quantitative estimate of drug-likeness (QED) is 0.796. The van der Waals surface area contributed by atoms with E-state index < -0.39 is 0 Å². The Kier molecular flexibility index (Phi) is 5.59. The maximum Gasteiger partial charge on any atom is 0.252 e. The summed E-state index contributed by atoms with van der Waals surface area (Å²) >= 11 is 6.82. The van der Waals surface area contributed by atoms with E-state index in [4.69, 9.17) is 0 Å². The van der Waals surface area contributed by atoms with Gasteiger partial charge in [-0.3, -0.25) is 9.59 Å². The Hall–Kier alpha value is -0.620. The number of aromatic nitrogens is 1. The lowest BCUT2D eigenvalue weighted by Crippen LogP contribution is -2.51. The number of carbonyl (C=O) groups is 1. The van der Waals surface area contributed by atoms with Gasteiger partial charge in [0.2, 0.25) is 0 Å². The lowest BCUT2D eigenvalue weighted by Gasteiger charge is -2.30. The molecular weight excluding hydrogens is 364 g/mol. The summed E-state index contributed by atoms with van der Waals surface area (Å²) in [5.74, 6) is -0.228. The molecule has 1 amide bonds. The van der Waals surface area contributed by atoms with Crippen molar-refractivity contribution in [3.63, 3.8) is 0 Å². The fourth-order valence-corrected chi connectivity index (χ4v) is 3.38. The first kappa shape index (κ1) is 15.4. The molecule has 100 valence electrons. The Morgan fingerprint density at radius 3 is 2.50 bits per heavy atom. The van der Waals surface area contributed by atoms with E-state index in [2.05, 4.69) is 37.2 Å². The van der Waals surface area contributed by atoms with Crippen molar-refractivity contribution >= 4 is 37.8 Å². The van der Waals surface area contributed by atoms with E-state index in [9.17, 15) is 9.59 Å². The van der Waals surface area contributed by atoms with Crippen LogP contribution in [0.4, 0.5) is 0 Å². The highest BCUT2D eigenvalue weighted by atomic mass is 79.9. The second-order valence-electron chi connectivity index (χ2n) is 4.22. The van der Waals surface area contributed by atoms with Crippen molar-refractivity contribution in [2.24, 2.45) is 7.05 Å². The van der Waals surface area contributed by atoms with Crippen LogP contribution in [0.3, 0.4) is 0 Å². The first-order valence-electron chi connectivity index (χ1n) is 5.59. The van der Waals surface area contributed by atoms with Gasteiger partial charge in [0.1, 0.15) is 0 Å². The van der Waals surface area contributed by atoms with Gasteiger partial charge in [0.05, 0.1) is 5.54 Å². The van der Waals surface area contributed by atoms with Crippen LogP contribution in [0.2, 0.25) is 0 Å². The van der Waals surface area contributed by atoms with Crippen molar-refractivity contribution in [2.75, 3.05) is 10.7 Å². The predicted octanol–water partition coefficient (Wildman–Crippen LogP) is 2.05. The average Bonchev–Trinajstić information content (AvgIpc) is 2.39. The number of nitrogens with one attached hydrogen (secondary N) is 1. The zero-order valence-electron chi connectivity index (χ0n) is 10.4. The third-order valence-electron chi connectivity index (χ3n) is 2.93. The molecule has 1 aromatic rings. The molecule has 0 aliphatic rings. The molecule has 18 heavy (non-hydrogen) atoms. The number of amides is 1. The zero-order valence-corrected chi connectivity index (χ0v) is 13.5. The van der Waals surface area contributed by atoms with Gasteiger partial charge in [0.25, 0.3) is 11.5 Å². The molecule has 0 unspecified atom stereocenters. The van der Waals surface area contributed by atoms with E-state index in [1.165, 1.54) is 10.6 Å². The van der Waals surface area contributed by atoms with Gasteiger partial charge < -0.3 is 9.88 Å². The van der Waals surface area contributed by atoms with Crippen molar-refractivity contribution in [2.45, 2.75) is 18.9 Å². The molecule has 1 N–H and O–H groups in total. The van der Waals surface area contributed by atoms with Crippen LogP contribution < -0.4 is 10.9 Å². The molecule has 0 aliphatic heterocycles. The number of carbonyl (C=O) groups excluding carboxylic acids is 1. The van der Waals surface area contributed by atoms with Gasteiger partial charge in [-0.1, -0.05) is 38.8 Å². The van der Waals surface area contributed by atoms with Gasteiger partial charge in [-0.2, -0.15) is 0 Å². The number of alkyl halides is 2. The molecule has 0 fully saturated rings. The molecule has 0 spiro atoms. The third kappa shape index (κ3) is 3.45. The Bertz CT molecular complexity index is 473. The second-order valence-corrected chi connectivity index (χ2v) is 5.34. The maximum atomic E-state index is 12.1. The van der Waals surface area contributed by atoms with Crippen molar-refractivity contribution in [1.29, 1.82) is 0 Å². The highest BCUT2D eigenvalue weighted by Gasteiger charge is 2.28. The van der Waals surface area contributed by atoms with E-state index >= 15 is 0 Å². The minimum absolute atomic E-state index is 0.192. The molecule has 0 aliphatic carbocycles. The number of aryl methyl sites for hydroxylation is 1. The second kappa shape index (κ2) is 6.52. The van der Waals surface area contributed by atoms with E-state index in [0.29, 0.717) is 16.2 Å². The molecule has 6 heteroatoms. The predicted molar refractivity (Wildman–Crippen MR) is 79.8 cm³/mol. The van der Waals surface area contributed by atoms with Crippen LogP contribution in [-0.2, 0) is 7.05 Å². The lowest BCUT2D eigenvalue weighted by molar-refractivity contribution is 0.0915. The molecule has 0 aromatic carbocycles. The van der Waals surface area contributed by atoms with Crippen molar-refractivity contribution < 1.29 is 4.79 Å². The zero-order chi connectivity index (χ0) is 13.8. The summed E-state index contributed by atoms with van der Waals surface area (Å²) in [7, 11) is 1.65. The van der Waals surface area contributed by atoms with Crippen molar-refractivity contribution in [3.8, 4) is 0 Å². The minimum Gasteiger partial charge on any atom is -0.345 e. The van der Waals surface area contributed by atoms with Crippen LogP contribution in [0.25, 0.3) is 0 Å². The Labute approximate surface area is 123 Å². The summed E-state index contributed by atoms with van der Waals surface area (Å²) in [6.07, 6.45) is 2.38. The van der Waals surface area contributed by atoms with Crippen LogP contribution in [0.5, 0.6) is 0 Å². The van der Waals surface area contributed by atoms with Gasteiger partial charge in [-0.05, 0) is 12.5 Å². The molecule has 1 heterocycles. The van der Waals surface area contributed by atoms with Crippen molar-refractivity contribution in [3.05, 3.63) is 34.2 Å². The first-order valence-corrected chi connectivity index (χ1v) is 7.83. The van der Waals surface area contributed by atoms with Crippen molar-refractivity contribution in [1.82, 2.24) is 9.88 Å². The summed E-state index contributed by atoms with van der Waals surface area (Å²) in [6, 6.07) is 2.98. The number of hydrogen-bond donors (Lipinski definition) is 1. The first-order chi connectivity index (χ1) is 8.48. The van der Waals surface area contributed by atoms with Gasteiger partial charge >= 0.3 is 0 Å². The van der Waals surface area contributed by atoms with Gasteiger partial charge in [-0.25, -0.2) is 0 Å². The Morgan fingerprint density at radius 1 is 1.44 bits per heavy atom. The highest BCUT2D eigenvalue weighted by molar-refractivity contribution is 9.09. The van der Waals surface area contributed by atoms with Crippen LogP contribution in [0.15, 0.2) is 23.1 Å². The minimum atomic E-state index is -0.335. The normalized spacial score (nSPS) is 11.3. The molecule has 0 radical (unpaired) electrons. The molecule has 1 aromatic heterocycles. The lowest BCUT2D eigenvalue weighted by atomic mass is 10.0. The molecule has 0 atom stereocenters. The molecule has 4 nitrogen and oxygen atoms in total. The maximum absolute atomic E-state index is 12.1. The molecular formula is C12H16Br2N2O2. The SMILES string of the molecule is CCC(CBr)(CBr)NC(=O)c1ccn(C)c(=O)c1. The van der Waals surface area contributed by atoms with Crippen LogP contribution in [0, 0.1) is 0 Å². The topological polar surface area (TPSA) is 51.1 Å². The average molecular weight is 380 g/mol. The summed E-state index contributed by atoms with van der Waals surface area (Å²) < 4.78 is 1.43. The summed E-state index contributed by atoms with van der Waals surface area (Å²) in [4.78, 5) is 23.6. The number of hydrogen-bond acceptors (Lipinski definition) is 2. The summed E-state index contributed by atoms with van der Waals surface area (Å²) in [5.41, 5.74) is -0.140. The smallest absolute Gasteiger partial charge is 0.252 e. The van der Waals surface area contributed by atoms with E-state index in [1.807, 2.05) is 6.92 Å². The van der Waals surface area contributed by atoms with Gasteiger partial charge in [0.15, 0.2) is 0 Å². The van der Waals surface area contributed by atoms with E-state index in [1.54, 1.807) is 19.3 Å². The summed E-state index contributed by atoms with van der Waals surface area (Å²) in [6.45, 7) is 2.01. The molecule has 0 bridgehead atoms. The van der Waals surface area contributed by atoms with Crippen LogP contribution >= 0.6 is 31.9 Å². The molecule has 1 rings (SSSR count). The number of halogens is 2. The van der Waals surface area contributed by atoms with Crippen LogP contribution in [0.1, 0.15) is 23.7 Å². The van der Waals surface area contributed by atoms with Crippen LogP contribution in [-0.4, -0.2) is 26.7 Å². The Morgan fingerprint density at radius 2 is 2.06 bits per heavy atom. The number of nitrogens with zero attached hydrogens (tertiary/aromatic N) is 1. The monoisotopic (exact) mass is 378 g/mol. The number of pyridine rings is 1. The largest absolute Gasteiger partial charge is 0.345 e. The third-order valence-corrected chi connectivity index (χ3v) is 5.08. The highest BCUT2D eigenvalue weighted by Crippen LogP contribution is 2.17. The van der Waals surface area contributed by atoms with Gasteiger partial charge in [0, 0.05) is 35.5 Å². The fourth-order valence-electron chi connectivity index (χ4n) is 1.38.